The van der Waals surface area contributed by atoms with Gasteiger partial charge in [-0.15, -0.1) is 0 Å². The Kier molecular flexibility index (Phi) is 4.99. The Morgan fingerprint density at radius 3 is 2.45 bits per heavy atom. The molecule has 0 atom stereocenters. The van der Waals surface area contributed by atoms with Crippen molar-refractivity contribution in [2.45, 2.75) is 31.2 Å². The van der Waals surface area contributed by atoms with Crippen LogP contribution in [0.4, 0.5) is 5.69 Å². The second kappa shape index (κ2) is 6.94. The van der Waals surface area contributed by atoms with Gasteiger partial charge in [0.2, 0.25) is 5.91 Å². The van der Waals surface area contributed by atoms with Crippen LogP contribution in [0.25, 0.3) is 0 Å². The number of rotatable bonds is 5. The highest BCUT2D eigenvalue weighted by molar-refractivity contribution is 5.89. The van der Waals surface area contributed by atoms with E-state index in [2.05, 4.69) is 21.4 Å². The lowest BCUT2D eigenvalue weighted by Crippen LogP contribution is -2.47. The van der Waals surface area contributed by atoms with Gasteiger partial charge in [0.15, 0.2) is 0 Å². The normalized spacial score (nSPS) is 15.6. The van der Waals surface area contributed by atoms with Gasteiger partial charge in [0.1, 0.15) is 5.54 Å². The fourth-order valence-electron chi connectivity index (χ4n) is 2.58. The predicted molar refractivity (Wildman–Crippen MR) is 81.2 cm³/mol. The molecule has 1 fully saturated rings. The van der Waals surface area contributed by atoms with Gasteiger partial charge in [-0.1, -0.05) is 0 Å². The fraction of sp³-hybridized carbons (Fsp3) is 0.438. The molecule has 0 spiro atoms. The lowest BCUT2D eigenvalue weighted by molar-refractivity contribution is -0.120. The molecule has 116 valence electrons. The molecule has 1 aromatic rings. The molecular weight excluding hydrogens is 282 g/mol. The number of carbonyl (C=O) groups is 2. The highest BCUT2D eigenvalue weighted by atomic mass is 16.5. The molecule has 0 bridgehead atoms. The van der Waals surface area contributed by atoms with E-state index in [4.69, 9.17) is 0 Å². The summed E-state index contributed by atoms with van der Waals surface area (Å²) in [6, 6.07) is 8.88. The highest BCUT2D eigenvalue weighted by Gasteiger charge is 2.35. The lowest BCUT2D eigenvalue weighted by Gasteiger charge is -2.22. The van der Waals surface area contributed by atoms with Crippen LogP contribution in [0.5, 0.6) is 0 Å². The number of hydrogen-bond acceptors (Lipinski definition) is 5. The van der Waals surface area contributed by atoms with Gasteiger partial charge >= 0.3 is 5.97 Å². The molecule has 0 radical (unpaired) electrons. The molecule has 0 heterocycles. The summed E-state index contributed by atoms with van der Waals surface area (Å²) < 4.78 is 4.62. The third-order valence-corrected chi connectivity index (χ3v) is 3.81. The van der Waals surface area contributed by atoms with E-state index >= 15 is 0 Å². The SMILES string of the molecule is COC(=O)c1ccc(NCC(=O)NC2(C#N)CCCC2)cc1. The Labute approximate surface area is 129 Å². The maximum Gasteiger partial charge on any atom is 0.337 e. The Balaban J connectivity index is 1.86. The summed E-state index contributed by atoms with van der Waals surface area (Å²) in [5.74, 6) is -0.609. The first-order valence-corrected chi connectivity index (χ1v) is 7.23. The lowest BCUT2D eigenvalue weighted by atomic mass is 10.00. The number of carbonyl (C=O) groups excluding carboxylic acids is 2. The van der Waals surface area contributed by atoms with Gasteiger partial charge in [0.25, 0.3) is 0 Å². The number of anilines is 1. The Hall–Kier alpha value is -2.55. The van der Waals surface area contributed by atoms with Gasteiger partial charge in [-0.25, -0.2) is 4.79 Å². The minimum Gasteiger partial charge on any atom is -0.465 e. The molecule has 1 saturated carbocycles. The van der Waals surface area contributed by atoms with E-state index in [1.165, 1.54) is 7.11 Å². The fourth-order valence-corrected chi connectivity index (χ4v) is 2.58. The third kappa shape index (κ3) is 3.76. The maximum atomic E-state index is 12.0. The third-order valence-electron chi connectivity index (χ3n) is 3.81. The van der Waals surface area contributed by atoms with Crippen LogP contribution in [0.15, 0.2) is 24.3 Å². The van der Waals surface area contributed by atoms with E-state index in [9.17, 15) is 14.9 Å². The molecule has 0 aromatic heterocycles. The molecule has 2 rings (SSSR count). The number of nitrogens with zero attached hydrogens (tertiary/aromatic N) is 1. The average Bonchev–Trinajstić information content (AvgIpc) is 3.01. The van der Waals surface area contributed by atoms with E-state index < -0.39 is 11.5 Å². The zero-order valence-electron chi connectivity index (χ0n) is 12.5. The van der Waals surface area contributed by atoms with Crippen molar-refractivity contribution in [1.82, 2.24) is 5.32 Å². The van der Waals surface area contributed by atoms with Crippen molar-refractivity contribution in [2.75, 3.05) is 19.0 Å². The van der Waals surface area contributed by atoms with E-state index in [-0.39, 0.29) is 12.5 Å². The summed E-state index contributed by atoms with van der Waals surface area (Å²) in [6.45, 7) is 0.0843. The van der Waals surface area contributed by atoms with E-state index in [1.807, 2.05) is 0 Å². The number of esters is 1. The van der Waals surface area contributed by atoms with Crippen molar-refractivity contribution >= 4 is 17.6 Å². The van der Waals surface area contributed by atoms with Crippen LogP contribution in [-0.4, -0.2) is 31.1 Å². The second-order valence-electron chi connectivity index (χ2n) is 5.37. The van der Waals surface area contributed by atoms with Crippen molar-refractivity contribution in [3.05, 3.63) is 29.8 Å². The number of nitrogens with one attached hydrogen (secondary N) is 2. The van der Waals surface area contributed by atoms with E-state index in [0.29, 0.717) is 18.4 Å². The second-order valence-corrected chi connectivity index (χ2v) is 5.37. The molecule has 22 heavy (non-hydrogen) atoms. The van der Waals surface area contributed by atoms with Crippen LogP contribution in [0.3, 0.4) is 0 Å². The highest BCUT2D eigenvalue weighted by Crippen LogP contribution is 2.28. The average molecular weight is 301 g/mol. The number of methoxy groups -OCH3 is 1. The van der Waals surface area contributed by atoms with Crippen molar-refractivity contribution in [2.24, 2.45) is 0 Å². The summed E-state index contributed by atoms with van der Waals surface area (Å²) in [7, 11) is 1.33. The minimum atomic E-state index is -0.701. The summed E-state index contributed by atoms with van der Waals surface area (Å²) in [5, 5.41) is 15.0. The number of benzene rings is 1. The Bertz CT molecular complexity index is 584. The van der Waals surface area contributed by atoms with Crippen LogP contribution in [0.2, 0.25) is 0 Å². The van der Waals surface area contributed by atoms with Crippen LogP contribution < -0.4 is 10.6 Å². The minimum absolute atomic E-state index is 0.0843. The van der Waals surface area contributed by atoms with Crippen LogP contribution in [-0.2, 0) is 9.53 Å². The first kappa shape index (κ1) is 15.8. The van der Waals surface area contributed by atoms with Crippen LogP contribution in [0, 0.1) is 11.3 Å². The molecule has 0 aliphatic heterocycles. The number of nitriles is 1. The van der Waals surface area contributed by atoms with E-state index in [0.717, 1.165) is 18.5 Å². The van der Waals surface area contributed by atoms with Gasteiger partial charge in [-0.2, -0.15) is 5.26 Å². The molecule has 2 N–H and O–H groups in total. The van der Waals surface area contributed by atoms with Gasteiger partial charge in [-0.3, -0.25) is 4.79 Å². The largest absolute Gasteiger partial charge is 0.465 e. The first-order valence-electron chi connectivity index (χ1n) is 7.23. The standard InChI is InChI=1S/C16H19N3O3/c1-22-15(21)12-4-6-13(7-5-12)18-10-14(20)19-16(11-17)8-2-3-9-16/h4-7,18H,2-3,8-10H2,1H3,(H,19,20). The predicted octanol–water partition coefficient (Wildman–Crippen LogP) is 1.84. The molecular formula is C16H19N3O3. The monoisotopic (exact) mass is 301 g/mol. The summed E-state index contributed by atoms with van der Waals surface area (Å²) in [6.07, 6.45) is 3.36. The molecule has 6 heteroatoms. The summed E-state index contributed by atoms with van der Waals surface area (Å²) >= 11 is 0. The topological polar surface area (TPSA) is 91.2 Å². The number of amides is 1. The zero-order chi connectivity index (χ0) is 16.0. The molecule has 1 amide bonds. The van der Waals surface area contributed by atoms with E-state index in [1.54, 1.807) is 24.3 Å². The smallest absolute Gasteiger partial charge is 0.337 e. The van der Waals surface area contributed by atoms with Gasteiger partial charge in [-0.05, 0) is 49.9 Å². The van der Waals surface area contributed by atoms with Crippen molar-refractivity contribution < 1.29 is 14.3 Å². The van der Waals surface area contributed by atoms with Crippen molar-refractivity contribution in [3.8, 4) is 6.07 Å². The molecule has 1 aromatic carbocycles. The van der Waals surface area contributed by atoms with Crippen LogP contribution >= 0.6 is 0 Å². The molecule has 0 unspecified atom stereocenters. The quantitative estimate of drug-likeness (QED) is 0.810. The van der Waals surface area contributed by atoms with Gasteiger partial charge in [0.05, 0.1) is 25.3 Å². The number of hydrogen-bond donors (Lipinski definition) is 2. The zero-order valence-corrected chi connectivity index (χ0v) is 12.5. The summed E-state index contributed by atoms with van der Waals surface area (Å²) in [5.41, 5.74) is 0.472. The maximum absolute atomic E-state index is 12.0. The Morgan fingerprint density at radius 2 is 1.91 bits per heavy atom. The van der Waals surface area contributed by atoms with Crippen molar-refractivity contribution in [3.63, 3.8) is 0 Å². The molecule has 1 aliphatic rings. The molecule has 1 aliphatic carbocycles. The number of ether oxygens (including phenoxy) is 1. The molecule has 6 nitrogen and oxygen atoms in total. The van der Waals surface area contributed by atoms with Gasteiger partial charge < -0.3 is 15.4 Å². The first-order chi connectivity index (χ1) is 10.6. The van der Waals surface area contributed by atoms with Crippen molar-refractivity contribution in [1.29, 1.82) is 5.26 Å². The Morgan fingerprint density at radius 1 is 1.27 bits per heavy atom. The molecule has 0 saturated heterocycles. The summed E-state index contributed by atoms with van der Waals surface area (Å²) in [4.78, 5) is 23.3. The van der Waals surface area contributed by atoms with Crippen LogP contribution in [0.1, 0.15) is 36.0 Å². The van der Waals surface area contributed by atoms with Gasteiger partial charge in [0, 0.05) is 5.69 Å².